The number of carbonyl (C=O) groups is 2. The molecule has 128 valence electrons. The molecule has 1 aromatic rings. The van der Waals surface area contributed by atoms with E-state index in [2.05, 4.69) is 12.2 Å². The largest absolute Gasteiger partial charge is 0.482 e. The van der Waals surface area contributed by atoms with Crippen LogP contribution in [0.25, 0.3) is 0 Å². The van der Waals surface area contributed by atoms with Crippen molar-refractivity contribution in [3.05, 3.63) is 29.8 Å². The summed E-state index contributed by atoms with van der Waals surface area (Å²) in [6.07, 6.45) is 1.48. The molecule has 0 aliphatic rings. The van der Waals surface area contributed by atoms with Crippen LogP contribution in [0.5, 0.6) is 5.75 Å². The van der Waals surface area contributed by atoms with Gasteiger partial charge in [-0.3, -0.25) is 4.79 Å². The quantitative estimate of drug-likeness (QED) is 0.646. The predicted octanol–water partition coefficient (Wildman–Crippen LogP) is 2.53. The van der Waals surface area contributed by atoms with Crippen molar-refractivity contribution in [2.45, 2.75) is 45.8 Å². The van der Waals surface area contributed by atoms with Gasteiger partial charge in [0.2, 0.25) is 5.91 Å². The van der Waals surface area contributed by atoms with Gasteiger partial charge in [-0.1, -0.05) is 25.5 Å². The third-order valence-corrected chi connectivity index (χ3v) is 3.34. The summed E-state index contributed by atoms with van der Waals surface area (Å²) in [5, 5.41) is 11.5. The van der Waals surface area contributed by atoms with Crippen molar-refractivity contribution in [1.82, 2.24) is 5.32 Å². The second kappa shape index (κ2) is 9.84. The fourth-order valence-electron chi connectivity index (χ4n) is 1.89. The Morgan fingerprint density at radius 2 is 1.87 bits per heavy atom. The molecule has 0 saturated heterocycles. The molecule has 0 aromatic heterocycles. The first-order valence-corrected chi connectivity index (χ1v) is 7.80. The average Bonchev–Trinajstić information content (AvgIpc) is 2.53. The van der Waals surface area contributed by atoms with E-state index in [0.717, 1.165) is 18.4 Å². The van der Waals surface area contributed by atoms with Gasteiger partial charge in [-0.05, 0) is 38.0 Å². The lowest BCUT2D eigenvalue weighted by atomic mass is 10.1. The monoisotopic (exact) mass is 323 g/mol. The Kier molecular flexibility index (Phi) is 8.11. The number of carboxylic acids is 1. The number of hydrogen-bond donors (Lipinski definition) is 2. The minimum Gasteiger partial charge on any atom is -0.482 e. The maximum Gasteiger partial charge on any atom is 0.341 e. The molecular weight excluding hydrogens is 298 g/mol. The van der Waals surface area contributed by atoms with E-state index in [1.807, 2.05) is 6.92 Å². The highest BCUT2D eigenvalue weighted by atomic mass is 16.5. The van der Waals surface area contributed by atoms with Gasteiger partial charge < -0.3 is 19.9 Å². The molecule has 1 amide bonds. The number of ether oxygens (including phenoxy) is 2. The summed E-state index contributed by atoms with van der Waals surface area (Å²) < 4.78 is 10.5. The Balaban J connectivity index is 2.48. The fraction of sp³-hybridized carbons (Fsp3) is 0.529. The van der Waals surface area contributed by atoms with Crippen LogP contribution in [-0.2, 0) is 14.3 Å². The van der Waals surface area contributed by atoms with Crippen molar-refractivity contribution in [1.29, 1.82) is 0 Å². The number of hydrogen-bond acceptors (Lipinski definition) is 4. The number of nitrogens with one attached hydrogen (secondary N) is 1. The Labute approximate surface area is 136 Å². The van der Waals surface area contributed by atoms with Gasteiger partial charge in [0.1, 0.15) is 11.9 Å². The summed E-state index contributed by atoms with van der Waals surface area (Å²) in [6.45, 7) is 5.89. The van der Waals surface area contributed by atoms with E-state index in [0.29, 0.717) is 12.4 Å². The Morgan fingerprint density at radius 3 is 2.43 bits per heavy atom. The number of amides is 1. The van der Waals surface area contributed by atoms with Crippen LogP contribution < -0.4 is 10.1 Å². The van der Waals surface area contributed by atoms with Crippen molar-refractivity contribution in [3.63, 3.8) is 0 Å². The predicted molar refractivity (Wildman–Crippen MR) is 86.5 cm³/mol. The van der Waals surface area contributed by atoms with Gasteiger partial charge in [0, 0.05) is 6.61 Å². The van der Waals surface area contributed by atoms with Crippen molar-refractivity contribution in [2.75, 3.05) is 13.2 Å². The molecular formula is C17H25NO5. The SMILES string of the molecule is CCCCOC(C)C(=O)NC(C)c1ccc(OCC(=O)O)cc1. The van der Waals surface area contributed by atoms with Gasteiger partial charge in [-0.25, -0.2) is 4.79 Å². The Hall–Kier alpha value is -2.08. The highest BCUT2D eigenvalue weighted by Crippen LogP contribution is 2.17. The molecule has 1 aromatic carbocycles. The van der Waals surface area contributed by atoms with Crippen LogP contribution in [0.1, 0.15) is 45.2 Å². The topological polar surface area (TPSA) is 84.9 Å². The van der Waals surface area contributed by atoms with Gasteiger partial charge >= 0.3 is 5.97 Å². The van der Waals surface area contributed by atoms with Gasteiger partial charge in [0.15, 0.2) is 6.61 Å². The summed E-state index contributed by atoms with van der Waals surface area (Å²) in [6, 6.07) is 6.79. The molecule has 2 unspecified atom stereocenters. The molecule has 0 fully saturated rings. The summed E-state index contributed by atoms with van der Waals surface area (Å²) in [5.74, 6) is -0.697. The molecule has 2 atom stereocenters. The maximum atomic E-state index is 12.0. The van der Waals surface area contributed by atoms with E-state index in [4.69, 9.17) is 14.6 Å². The summed E-state index contributed by atoms with van der Waals surface area (Å²) in [7, 11) is 0. The molecule has 0 radical (unpaired) electrons. The van der Waals surface area contributed by atoms with Crippen LogP contribution in [0.3, 0.4) is 0 Å². The van der Waals surface area contributed by atoms with E-state index in [1.165, 1.54) is 0 Å². The molecule has 0 heterocycles. The summed E-state index contributed by atoms with van der Waals surface area (Å²) >= 11 is 0. The number of carboxylic acid groups (broad SMARTS) is 1. The highest BCUT2D eigenvalue weighted by Gasteiger charge is 2.16. The van der Waals surface area contributed by atoms with Crippen molar-refractivity contribution >= 4 is 11.9 Å². The standard InChI is InChI=1S/C17H25NO5/c1-4-5-10-22-13(3)17(21)18-12(2)14-6-8-15(9-7-14)23-11-16(19)20/h6-9,12-13H,4-5,10-11H2,1-3H3,(H,18,21)(H,19,20). The number of unbranched alkanes of at least 4 members (excludes halogenated alkanes) is 1. The Morgan fingerprint density at radius 1 is 1.22 bits per heavy atom. The molecule has 23 heavy (non-hydrogen) atoms. The molecule has 0 spiro atoms. The lowest BCUT2D eigenvalue weighted by Gasteiger charge is -2.18. The van der Waals surface area contributed by atoms with E-state index in [9.17, 15) is 9.59 Å². The minimum atomic E-state index is -1.02. The molecule has 0 aliphatic heterocycles. The van der Waals surface area contributed by atoms with Gasteiger partial charge in [-0.15, -0.1) is 0 Å². The Bertz CT molecular complexity index is 500. The lowest BCUT2D eigenvalue weighted by Crippen LogP contribution is -2.36. The van der Waals surface area contributed by atoms with E-state index in [-0.39, 0.29) is 18.6 Å². The zero-order chi connectivity index (χ0) is 17.2. The van der Waals surface area contributed by atoms with Crippen LogP contribution in [0.2, 0.25) is 0 Å². The number of rotatable bonds is 10. The van der Waals surface area contributed by atoms with Gasteiger partial charge in [0.25, 0.3) is 0 Å². The molecule has 0 aliphatic carbocycles. The van der Waals surface area contributed by atoms with E-state index < -0.39 is 12.1 Å². The number of carbonyl (C=O) groups excluding carboxylic acids is 1. The highest BCUT2D eigenvalue weighted by molar-refractivity contribution is 5.80. The maximum absolute atomic E-state index is 12.0. The second-order valence-electron chi connectivity index (χ2n) is 5.35. The van der Waals surface area contributed by atoms with Crippen LogP contribution >= 0.6 is 0 Å². The first kappa shape index (κ1) is 19.0. The molecule has 6 heteroatoms. The third kappa shape index (κ3) is 7.15. The first-order chi connectivity index (χ1) is 10.9. The minimum absolute atomic E-state index is 0.153. The normalized spacial score (nSPS) is 13.2. The van der Waals surface area contributed by atoms with Crippen LogP contribution in [0.4, 0.5) is 0 Å². The van der Waals surface area contributed by atoms with E-state index >= 15 is 0 Å². The molecule has 0 bridgehead atoms. The molecule has 0 saturated carbocycles. The van der Waals surface area contributed by atoms with Crippen molar-refractivity contribution < 1.29 is 24.2 Å². The van der Waals surface area contributed by atoms with Gasteiger partial charge in [-0.2, -0.15) is 0 Å². The number of benzene rings is 1. The van der Waals surface area contributed by atoms with Crippen molar-refractivity contribution in [2.24, 2.45) is 0 Å². The molecule has 6 nitrogen and oxygen atoms in total. The van der Waals surface area contributed by atoms with Crippen LogP contribution in [-0.4, -0.2) is 36.3 Å². The summed E-state index contributed by atoms with van der Waals surface area (Å²) in [4.78, 5) is 22.5. The third-order valence-electron chi connectivity index (χ3n) is 3.34. The first-order valence-electron chi connectivity index (χ1n) is 7.80. The molecule has 1 rings (SSSR count). The average molecular weight is 323 g/mol. The smallest absolute Gasteiger partial charge is 0.341 e. The van der Waals surface area contributed by atoms with Gasteiger partial charge in [0.05, 0.1) is 6.04 Å². The molecule has 2 N–H and O–H groups in total. The zero-order valence-electron chi connectivity index (χ0n) is 13.9. The van der Waals surface area contributed by atoms with Crippen molar-refractivity contribution in [3.8, 4) is 5.75 Å². The lowest BCUT2D eigenvalue weighted by molar-refractivity contribution is -0.139. The van der Waals surface area contributed by atoms with E-state index in [1.54, 1.807) is 31.2 Å². The zero-order valence-corrected chi connectivity index (χ0v) is 13.9. The fourth-order valence-corrected chi connectivity index (χ4v) is 1.89. The second-order valence-corrected chi connectivity index (χ2v) is 5.35. The van der Waals surface area contributed by atoms with Crippen LogP contribution in [0, 0.1) is 0 Å². The van der Waals surface area contributed by atoms with Crippen LogP contribution in [0.15, 0.2) is 24.3 Å². The number of aliphatic carboxylic acids is 1. The summed E-state index contributed by atoms with van der Waals surface area (Å²) in [5.41, 5.74) is 0.904.